The number of halogens is 1. The Bertz CT molecular complexity index is 1120. The maximum atomic E-state index is 13.1. The highest BCUT2D eigenvalue weighted by atomic mass is 32.1. The molecule has 1 aromatic carbocycles. The summed E-state index contributed by atoms with van der Waals surface area (Å²) in [5.74, 6) is -0.309. The Morgan fingerprint density at radius 2 is 1.96 bits per heavy atom. The Morgan fingerprint density at radius 1 is 1.12 bits per heavy atom. The van der Waals surface area contributed by atoms with Crippen LogP contribution in [0.1, 0.15) is 11.3 Å². The van der Waals surface area contributed by atoms with Gasteiger partial charge in [-0.3, -0.25) is 14.2 Å². The van der Waals surface area contributed by atoms with Crippen molar-refractivity contribution in [1.29, 1.82) is 0 Å². The smallest absolute Gasteiger partial charge is 0.259 e. The highest BCUT2D eigenvalue weighted by Gasteiger charge is 2.10. The number of nitrogens with zero attached hydrogens (tertiary/aromatic N) is 3. The van der Waals surface area contributed by atoms with Crippen molar-refractivity contribution in [3.8, 4) is 11.3 Å². The standard InChI is InChI=1S/C19H12FN3OS/c20-15-6-4-14(5-7-15)17-12-25-19-22-16(10-18(24)23(17)19)8-3-13-2-1-9-21-11-13/h1-12H/b8-3+. The van der Waals surface area contributed by atoms with E-state index in [4.69, 9.17) is 0 Å². The average molecular weight is 349 g/mol. The van der Waals surface area contributed by atoms with Crippen LogP contribution < -0.4 is 5.56 Å². The largest absolute Gasteiger partial charge is 0.269 e. The summed E-state index contributed by atoms with van der Waals surface area (Å²) in [6, 6.07) is 11.3. The van der Waals surface area contributed by atoms with Crippen LogP contribution in [-0.4, -0.2) is 14.4 Å². The Morgan fingerprint density at radius 3 is 2.72 bits per heavy atom. The third-order valence-electron chi connectivity index (χ3n) is 3.70. The number of pyridine rings is 1. The number of fused-ring (bicyclic) bond motifs is 1. The minimum absolute atomic E-state index is 0.170. The van der Waals surface area contributed by atoms with Gasteiger partial charge in [0.25, 0.3) is 5.56 Å². The third kappa shape index (κ3) is 3.12. The van der Waals surface area contributed by atoms with Crippen LogP contribution in [0.25, 0.3) is 28.4 Å². The van der Waals surface area contributed by atoms with Gasteiger partial charge in [-0.2, -0.15) is 0 Å². The van der Waals surface area contributed by atoms with E-state index in [2.05, 4.69) is 9.97 Å². The van der Waals surface area contributed by atoms with Crippen molar-refractivity contribution in [1.82, 2.24) is 14.4 Å². The Labute approximate surface area is 146 Å². The quantitative estimate of drug-likeness (QED) is 0.559. The number of hydrogen-bond acceptors (Lipinski definition) is 4. The summed E-state index contributed by atoms with van der Waals surface area (Å²) in [5, 5.41) is 1.85. The maximum absolute atomic E-state index is 13.1. The lowest BCUT2D eigenvalue weighted by atomic mass is 10.2. The fourth-order valence-corrected chi connectivity index (χ4v) is 3.41. The van der Waals surface area contributed by atoms with Crippen molar-refractivity contribution in [2.45, 2.75) is 0 Å². The molecule has 0 aliphatic heterocycles. The predicted octanol–water partition coefficient (Wildman–Crippen LogP) is 4.13. The zero-order valence-electron chi connectivity index (χ0n) is 13.0. The summed E-state index contributed by atoms with van der Waals surface area (Å²) in [7, 11) is 0. The van der Waals surface area contributed by atoms with Gasteiger partial charge in [0.1, 0.15) is 5.82 Å². The highest BCUT2D eigenvalue weighted by molar-refractivity contribution is 7.15. The third-order valence-corrected chi connectivity index (χ3v) is 4.52. The summed E-state index contributed by atoms with van der Waals surface area (Å²) in [6.45, 7) is 0. The van der Waals surface area contributed by atoms with E-state index < -0.39 is 0 Å². The van der Waals surface area contributed by atoms with Crippen LogP contribution in [0, 0.1) is 5.82 Å². The summed E-state index contributed by atoms with van der Waals surface area (Å²) >= 11 is 1.37. The molecule has 0 fully saturated rings. The fraction of sp³-hybridized carbons (Fsp3) is 0. The van der Waals surface area contributed by atoms with Crippen LogP contribution in [0.15, 0.2) is 65.0 Å². The van der Waals surface area contributed by atoms with Gasteiger partial charge in [0.2, 0.25) is 0 Å². The number of thiazole rings is 1. The molecule has 0 unspecified atom stereocenters. The molecule has 0 amide bonds. The van der Waals surface area contributed by atoms with E-state index in [1.54, 1.807) is 35.0 Å². The second-order valence-corrected chi connectivity index (χ2v) is 6.22. The lowest BCUT2D eigenvalue weighted by Crippen LogP contribution is -2.13. The average Bonchev–Trinajstić information content (AvgIpc) is 3.06. The highest BCUT2D eigenvalue weighted by Crippen LogP contribution is 2.24. The fourth-order valence-electron chi connectivity index (χ4n) is 2.50. The zero-order valence-corrected chi connectivity index (χ0v) is 13.8. The van der Waals surface area contributed by atoms with Gasteiger partial charge in [-0.05, 0) is 47.5 Å². The molecule has 0 aliphatic rings. The first kappa shape index (κ1) is 15.4. The van der Waals surface area contributed by atoms with Gasteiger partial charge in [0.05, 0.1) is 11.4 Å². The van der Waals surface area contributed by atoms with E-state index in [0.29, 0.717) is 16.3 Å². The van der Waals surface area contributed by atoms with Crippen LogP contribution in [0.5, 0.6) is 0 Å². The van der Waals surface area contributed by atoms with Gasteiger partial charge in [-0.1, -0.05) is 12.1 Å². The predicted molar refractivity (Wildman–Crippen MR) is 97.9 cm³/mol. The van der Waals surface area contributed by atoms with E-state index >= 15 is 0 Å². The molecule has 3 aromatic heterocycles. The van der Waals surface area contributed by atoms with Crippen molar-refractivity contribution in [3.63, 3.8) is 0 Å². The molecule has 0 spiro atoms. The molecule has 4 rings (SSSR count). The van der Waals surface area contributed by atoms with Crippen molar-refractivity contribution >= 4 is 28.4 Å². The molecule has 0 saturated carbocycles. The summed E-state index contributed by atoms with van der Waals surface area (Å²) in [5.41, 5.74) is 2.83. The Hall–Kier alpha value is -3.12. The first-order chi connectivity index (χ1) is 12.2. The van der Waals surface area contributed by atoms with Crippen molar-refractivity contribution in [3.05, 3.63) is 87.7 Å². The van der Waals surface area contributed by atoms with E-state index in [9.17, 15) is 9.18 Å². The van der Waals surface area contributed by atoms with Gasteiger partial charge in [-0.25, -0.2) is 9.37 Å². The van der Waals surface area contributed by atoms with E-state index in [1.807, 2.05) is 23.6 Å². The topological polar surface area (TPSA) is 47.3 Å². The molecule has 0 bridgehead atoms. The van der Waals surface area contributed by atoms with Crippen molar-refractivity contribution in [2.24, 2.45) is 0 Å². The van der Waals surface area contributed by atoms with Crippen LogP contribution in [0.2, 0.25) is 0 Å². The number of hydrogen-bond donors (Lipinski definition) is 0. The van der Waals surface area contributed by atoms with Gasteiger partial charge in [0, 0.05) is 23.8 Å². The zero-order chi connectivity index (χ0) is 17.2. The van der Waals surface area contributed by atoms with Crippen LogP contribution in [-0.2, 0) is 0 Å². The molecule has 25 heavy (non-hydrogen) atoms. The molecule has 0 atom stereocenters. The van der Waals surface area contributed by atoms with Gasteiger partial charge in [-0.15, -0.1) is 11.3 Å². The number of aromatic nitrogens is 3. The van der Waals surface area contributed by atoms with Gasteiger partial charge >= 0.3 is 0 Å². The Balaban J connectivity index is 1.76. The lowest BCUT2D eigenvalue weighted by molar-refractivity contribution is 0.628. The van der Waals surface area contributed by atoms with Crippen LogP contribution >= 0.6 is 11.3 Å². The van der Waals surface area contributed by atoms with Crippen molar-refractivity contribution < 1.29 is 4.39 Å². The molecule has 4 nitrogen and oxygen atoms in total. The van der Waals surface area contributed by atoms with Crippen molar-refractivity contribution in [2.75, 3.05) is 0 Å². The lowest BCUT2D eigenvalue weighted by Gasteiger charge is -2.02. The van der Waals surface area contributed by atoms with E-state index in [-0.39, 0.29) is 11.4 Å². The Kier molecular flexibility index (Phi) is 3.95. The minimum atomic E-state index is -0.309. The molecule has 122 valence electrons. The normalized spacial score (nSPS) is 11.4. The molecular weight excluding hydrogens is 337 g/mol. The SMILES string of the molecule is O=c1cc(/C=C/c2cccnc2)nc2scc(-c3ccc(F)cc3)n12. The summed E-state index contributed by atoms with van der Waals surface area (Å²) in [4.78, 5) is 21.7. The molecule has 3 heterocycles. The van der Waals surface area contributed by atoms with E-state index in [1.165, 1.54) is 29.5 Å². The first-order valence-electron chi connectivity index (χ1n) is 7.56. The minimum Gasteiger partial charge on any atom is -0.269 e. The molecule has 6 heteroatoms. The molecule has 0 radical (unpaired) electrons. The van der Waals surface area contributed by atoms with Gasteiger partial charge in [0.15, 0.2) is 4.96 Å². The monoisotopic (exact) mass is 349 g/mol. The second kappa shape index (κ2) is 6.41. The van der Waals surface area contributed by atoms with E-state index in [0.717, 1.165) is 11.1 Å². The summed E-state index contributed by atoms with van der Waals surface area (Å²) < 4.78 is 14.6. The molecule has 0 aliphatic carbocycles. The van der Waals surface area contributed by atoms with Crippen LogP contribution in [0.4, 0.5) is 4.39 Å². The molecule has 4 aromatic rings. The number of rotatable bonds is 3. The molecule has 0 N–H and O–H groups in total. The summed E-state index contributed by atoms with van der Waals surface area (Å²) in [6.07, 6.45) is 7.09. The molecule has 0 saturated heterocycles. The van der Waals surface area contributed by atoms with Gasteiger partial charge < -0.3 is 0 Å². The number of benzene rings is 1. The maximum Gasteiger partial charge on any atom is 0.259 e. The van der Waals surface area contributed by atoms with Crippen LogP contribution in [0.3, 0.4) is 0 Å². The first-order valence-corrected chi connectivity index (χ1v) is 8.44. The second-order valence-electron chi connectivity index (χ2n) is 5.38. The molecular formula is C19H12FN3OS.